The Morgan fingerprint density at radius 1 is 1.29 bits per heavy atom. The van der Waals surface area contributed by atoms with Crippen LogP contribution >= 0.6 is 0 Å². The van der Waals surface area contributed by atoms with Crippen LogP contribution in [0.15, 0.2) is 24.3 Å². The van der Waals surface area contributed by atoms with Crippen molar-refractivity contribution >= 4 is 11.9 Å². The molecular formula is C16H21NO4. The fourth-order valence-corrected chi connectivity index (χ4v) is 1.68. The van der Waals surface area contributed by atoms with Gasteiger partial charge >= 0.3 is 5.97 Å². The van der Waals surface area contributed by atoms with E-state index in [1.54, 1.807) is 38.1 Å². The molecule has 1 aromatic rings. The molecular weight excluding hydrogens is 270 g/mol. The zero-order chi connectivity index (χ0) is 15.5. The summed E-state index contributed by atoms with van der Waals surface area (Å²) < 4.78 is 5.60. The second kappa shape index (κ2) is 6.16. The third-order valence-corrected chi connectivity index (χ3v) is 3.57. The van der Waals surface area contributed by atoms with Gasteiger partial charge < -0.3 is 15.2 Å². The third kappa shape index (κ3) is 4.48. The van der Waals surface area contributed by atoms with E-state index in [9.17, 15) is 9.59 Å². The van der Waals surface area contributed by atoms with Crippen LogP contribution in [0, 0.1) is 11.3 Å². The standard InChI is InChI=1S/C16H21NO4/c1-16(2,15(19)20)10-17-14(18)12-5-7-13(8-6-12)21-9-11-3-4-11/h5-8,11H,3-4,9-10H2,1-2H3,(H,17,18)(H,19,20). The molecule has 1 fully saturated rings. The van der Waals surface area contributed by atoms with E-state index in [4.69, 9.17) is 9.84 Å². The van der Waals surface area contributed by atoms with E-state index < -0.39 is 11.4 Å². The summed E-state index contributed by atoms with van der Waals surface area (Å²) in [5.74, 6) is 0.222. The van der Waals surface area contributed by atoms with E-state index in [-0.39, 0.29) is 12.5 Å². The number of benzene rings is 1. The molecule has 5 heteroatoms. The summed E-state index contributed by atoms with van der Waals surface area (Å²) in [5.41, 5.74) is -0.488. The van der Waals surface area contributed by atoms with E-state index in [1.165, 1.54) is 12.8 Å². The molecule has 0 aliphatic heterocycles. The van der Waals surface area contributed by atoms with Gasteiger partial charge in [-0.3, -0.25) is 9.59 Å². The number of aliphatic carboxylic acids is 1. The first-order valence-corrected chi connectivity index (χ1v) is 7.13. The van der Waals surface area contributed by atoms with Gasteiger partial charge in [-0.1, -0.05) is 0 Å². The monoisotopic (exact) mass is 291 g/mol. The number of hydrogen-bond donors (Lipinski definition) is 2. The first kappa shape index (κ1) is 15.4. The summed E-state index contributed by atoms with van der Waals surface area (Å²) in [6, 6.07) is 6.90. The van der Waals surface area contributed by atoms with Crippen LogP contribution in [0.25, 0.3) is 0 Å². The maximum Gasteiger partial charge on any atom is 0.310 e. The lowest BCUT2D eigenvalue weighted by atomic mass is 9.94. The zero-order valence-electron chi connectivity index (χ0n) is 12.4. The van der Waals surface area contributed by atoms with Crippen LogP contribution in [0.4, 0.5) is 0 Å². The smallest absolute Gasteiger partial charge is 0.310 e. The van der Waals surface area contributed by atoms with E-state index in [1.807, 2.05) is 0 Å². The second-order valence-electron chi connectivity index (χ2n) is 6.15. The summed E-state index contributed by atoms with van der Waals surface area (Å²) in [5, 5.41) is 11.6. The third-order valence-electron chi connectivity index (χ3n) is 3.57. The molecule has 1 aliphatic carbocycles. The Balaban J connectivity index is 1.85. The molecule has 0 atom stereocenters. The molecule has 0 aromatic heterocycles. The highest BCUT2D eigenvalue weighted by Gasteiger charge is 2.27. The number of rotatable bonds is 7. The van der Waals surface area contributed by atoms with E-state index in [0.29, 0.717) is 11.5 Å². The van der Waals surface area contributed by atoms with Crippen LogP contribution in [-0.2, 0) is 4.79 Å². The molecule has 2 rings (SSSR count). The van der Waals surface area contributed by atoms with E-state index in [2.05, 4.69) is 5.32 Å². The van der Waals surface area contributed by atoms with Crippen LogP contribution in [0.2, 0.25) is 0 Å². The van der Waals surface area contributed by atoms with Crippen molar-refractivity contribution in [3.63, 3.8) is 0 Å². The highest BCUT2D eigenvalue weighted by atomic mass is 16.5. The SMILES string of the molecule is CC(C)(CNC(=O)c1ccc(OCC2CC2)cc1)C(=O)O. The predicted molar refractivity (Wildman–Crippen MR) is 78.4 cm³/mol. The normalized spacial score (nSPS) is 14.6. The lowest BCUT2D eigenvalue weighted by molar-refractivity contribution is -0.146. The van der Waals surface area contributed by atoms with Gasteiger partial charge in [0.25, 0.3) is 5.91 Å². The Morgan fingerprint density at radius 3 is 2.43 bits per heavy atom. The number of carboxylic acids is 1. The summed E-state index contributed by atoms with van der Waals surface area (Å²) in [4.78, 5) is 22.9. The Kier molecular flexibility index (Phi) is 4.50. The lowest BCUT2D eigenvalue weighted by Crippen LogP contribution is -2.38. The van der Waals surface area contributed by atoms with E-state index in [0.717, 1.165) is 12.4 Å². The van der Waals surface area contributed by atoms with Crippen molar-refractivity contribution in [2.45, 2.75) is 26.7 Å². The fraction of sp³-hybridized carbons (Fsp3) is 0.500. The Morgan fingerprint density at radius 2 is 1.90 bits per heavy atom. The largest absolute Gasteiger partial charge is 0.493 e. The molecule has 5 nitrogen and oxygen atoms in total. The van der Waals surface area contributed by atoms with Crippen LogP contribution < -0.4 is 10.1 Å². The Bertz CT molecular complexity index is 518. The molecule has 1 aliphatic rings. The zero-order valence-corrected chi connectivity index (χ0v) is 12.4. The van der Waals surface area contributed by atoms with Crippen molar-refractivity contribution in [1.82, 2.24) is 5.32 Å². The molecule has 1 aromatic carbocycles. The van der Waals surface area contributed by atoms with Crippen LogP contribution in [-0.4, -0.2) is 30.1 Å². The summed E-state index contributed by atoms with van der Waals surface area (Å²) >= 11 is 0. The van der Waals surface area contributed by atoms with Gasteiger partial charge in [-0.15, -0.1) is 0 Å². The van der Waals surface area contributed by atoms with Crippen molar-refractivity contribution in [3.05, 3.63) is 29.8 Å². The number of carbonyl (C=O) groups is 2. The minimum Gasteiger partial charge on any atom is -0.493 e. The van der Waals surface area contributed by atoms with Gasteiger partial charge in [-0.05, 0) is 56.9 Å². The van der Waals surface area contributed by atoms with Crippen molar-refractivity contribution in [3.8, 4) is 5.75 Å². The Hall–Kier alpha value is -2.04. The number of carboxylic acid groups (broad SMARTS) is 1. The number of nitrogens with one attached hydrogen (secondary N) is 1. The molecule has 21 heavy (non-hydrogen) atoms. The maximum atomic E-state index is 12.0. The number of amides is 1. The van der Waals surface area contributed by atoms with E-state index >= 15 is 0 Å². The molecule has 1 amide bonds. The number of carbonyl (C=O) groups excluding carboxylic acids is 1. The minimum absolute atomic E-state index is 0.0844. The first-order valence-electron chi connectivity index (χ1n) is 7.13. The van der Waals surface area contributed by atoms with Crippen molar-refractivity contribution < 1.29 is 19.4 Å². The molecule has 114 valence electrons. The summed E-state index contributed by atoms with van der Waals surface area (Å²) in [6.45, 7) is 3.97. The van der Waals surface area contributed by atoms with Gasteiger partial charge in [-0.2, -0.15) is 0 Å². The average Bonchev–Trinajstić information content (AvgIpc) is 3.27. The van der Waals surface area contributed by atoms with Gasteiger partial charge in [0.2, 0.25) is 0 Å². The van der Waals surface area contributed by atoms with Gasteiger partial charge in [-0.25, -0.2) is 0 Å². The van der Waals surface area contributed by atoms with Crippen LogP contribution in [0.3, 0.4) is 0 Å². The molecule has 1 saturated carbocycles. The topological polar surface area (TPSA) is 75.6 Å². The quantitative estimate of drug-likeness (QED) is 0.808. The fourth-order valence-electron chi connectivity index (χ4n) is 1.68. The van der Waals surface area contributed by atoms with Crippen LogP contribution in [0.5, 0.6) is 5.75 Å². The molecule has 2 N–H and O–H groups in total. The van der Waals surface area contributed by atoms with Gasteiger partial charge in [0.15, 0.2) is 0 Å². The minimum atomic E-state index is -0.983. The summed E-state index contributed by atoms with van der Waals surface area (Å²) in [7, 11) is 0. The average molecular weight is 291 g/mol. The van der Waals surface area contributed by atoms with Gasteiger partial charge in [0.05, 0.1) is 12.0 Å². The predicted octanol–water partition coefficient (Wildman–Crippen LogP) is 2.32. The highest BCUT2D eigenvalue weighted by molar-refractivity contribution is 5.94. The maximum absolute atomic E-state index is 12.0. The highest BCUT2D eigenvalue weighted by Crippen LogP contribution is 2.29. The second-order valence-corrected chi connectivity index (χ2v) is 6.15. The first-order chi connectivity index (χ1) is 9.88. The van der Waals surface area contributed by atoms with Crippen molar-refractivity contribution in [1.29, 1.82) is 0 Å². The van der Waals surface area contributed by atoms with Gasteiger partial charge in [0, 0.05) is 12.1 Å². The molecule has 0 bridgehead atoms. The van der Waals surface area contributed by atoms with Crippen molar-refractivity contribution in [2.24, 2.45) is 11.3 Å². The van der Waals surface area contributed by atoms with Crippen LogP contribution in [0.1, 0.15) is 37.0 Å². The number of hydrogen-bond acceptors (Lipinski definition) is 3. The molecule has 0 radical (unpaired) electrons. The lowest BCUT2D eigenvalue weighted by Gasteiger charge is -2.19. The summed E-state index contributed by atoms with van der Waals surface area (Å²) in [6.07, 6.45) is 2.47. The molecule has 0 saturated heterocycles. The molecule has 0 unspecified atom stereocenters. The van der Waals surface area contributed by atoms with Gasteiger partial charge in [0.1, 0.15) is 5.75 Å². The molecule has 0 spiro atoms. The van der Waals surface area contributed by atoms with Crippen molar-refractivity contribution in [2.75, 3.05) is 13.2 Å². The number of ether oxygens (including phenoxy) is 1. The Labute approximate surface area is 124 Å². The molecule has 0 heterocycles.